The largest absolute Gasteiger partial charge is 0.496 e. The molecule has 0 radical (unpaired) electrons. The topological polar surface area (TPSA) is 38.3 Å². The molecule has 0 saturated carbocycles. The van der Waals surface area contributed by atoms with Crippen molar-refractivity contribution in [3.63, 3.8) is 0 Å². The molecule has 7 heteroatoms. The van der Waals surface area contributed by atoms with Crippen molar-refractivity contribution in [2.45, 2.75) is 12.6 Å². The van der Waals surface area contributed by atoms with Crippen LogP contribution in [0.3, 0.4) is 0 Å². The maximum absolute atomic E-state index is 11.9. The third-order valence-electron chi connectivity index (χ3n) is 2.27. The molecule has 0 saturated heterocycles. The van der Waals surface area contributed by atoms with Crippen LogP contribution in [0, 0.1) is 0 Å². The lowest BCUT2D eigenvalue weighted by Crippen LogP contribution is -2.33. The average Bonchev–Trinajstić information content (AvgIpc) is 2.27. The van der Waals surface area contributed by atoms with E-state index in [9.17, 15) is 18.0 Å². The number of methoxy groups -OCH3 is 1. The lowest BCUT2D eigenvalue weighted by atomic mass is 10.1. The minimum atomic E-state index is -4.30. The van der Waals surface area contributed by atoms with E-state index in [1.165, 1.54) is 7.11 Å². The van der Waals surface area contributed by atoms with Gasteiger partial charge in [0.2, 0.25) is 0 Å². The van der Waals surface area contributed by atoms with E-state index in [4.69, 9.17) is 4.74 Å². The minimum absolute atomic E-state index is 0.0768. The van der Waals surface area contributed by atoms with Crippen molar-refractivity contribution in [1.29, 1.82) is 0 Å². The van der Waals surface area contributed by atoms with Crippen LogP contribution in [0.15, 0.2) is 22.7 Å². The molecular weight excluding hydrogens is 327 g/mol. The van der Waals surface area contributed by atoms with Crippen LogP contribution >= 0.6 is 15.9 Å². The van der Waals surface area contributed by atoms with Gasteiger partial charge in [0.15, 0.2) is 5.78 Å². The first kappa shape index (κ1) is 16.0. The van der Waals surface area contributed by atoms with Gasteiger partial charge in [-0.25, -0.2) is 0 Å². The maximum atomic E-state index is 11.9. The Bertz CT molecular complexity index is 449. The summed E-state index contributed by atoms with van der Waals surface area (Å²) >= 11 is 3.28. The van der Waals surface area contributed by atoms with E-state index < -0.39 is 12.7 Å². The summed E-state index contributed by atoms with van der Waals surface area (Å²) in [5, 5.41) is 2.07. The van der Waals surface area contributed by atoms with Gasteiger partial charge < -0.3 is 10.1 Å². The van der Waals surface area contributed by atoms with Gasteiger partial charge in [-0.05, 0) is 33.6 Å². The maximum Gasteiger partial charge on any atom is 0.401 e. The van der Waals surface area contributed by atoms with Crippen molar-refractivity contribution < 1.29 is 22.7 Å². The standard InChI is InChI=1S/C12H13BrF3NO2/c1-19-11-3-2-8(5-10(11)13)4-9(18)6-17-7-12(14,15)16/h2-3,5,17H,4,6-7H2,1H3. The molecular formula is C12H13BrF3NO2. The SMILES string of the molecule is COc1ccc(CC(=O)CNCC(F)(F)F)cc1Br. The van der Waals surface area contributed by atoms with Gasteiger partial charge in [0.25, 0.3) is 0 Å². The van der Waals surface area contributed by atoms with Gasteiger partial charge in [-0.15, -0.1) is 0 Å². The van der Waals surface area contributed by atoms with Crippen molar-refractivity contribution in [3.05, 3.63) is 28.2 Å². The Morgan fingerprint density at radius 1 is 1.42 bits per heavy atom. The van der Waals surface area contributed by atoms with Crippen molar-refractivity contribution in [3.8, 4) is 5.75 Å². The Morgan fingerprint density at radius 3 is 2.63 bits per heavy atom. The Balaban J connectivity index is 2.46. The van der Waals surface area contributed by atoms with Gasteiger partial charge in [0, 0.05) is 6.42 Å². The zero-order chi connectivity index (χ0) is 14.5. The molecule has 0 spiro atoms. The number of carbonyl (C=O) groups excluding carboxylic acids is 1. The van der Waals surface area contributed by atoms with E-state index in [-0.39, 0.29) is 18.7 Å². The first-order chi connectivity index (χ1) is 8.81. The number of hydrogen-bond donors (Lipinski definition) is 1. The van der Waals surface area contributed by atoms with Crippen LogP contribution in [0.1, 0.15) is 5.56 Å². The third kappa shape index (κ3) is 6.07. The molecule has 0 aliphatic carbocycles. The quantitative estimate of drug-likeness (QED) is 0.866. The molecule has 0 amide bonds. The van der Waals surface area contributed by atoms with Gasteiger partial charge >= 0.3 is 6.18 Å². The molecule has 0 aliphatic rings. The van der Waals surface area contributed by atoms with E-state index in [0.717, 1.165) is 0 Å². The summed E-state index contributed by atoms with van der Waals surface area (Å²) in [5.74, 6) is 0.327. The summed E-state index contributed by atoms with van der Waals surface area (Å²) in [6.07, 6.45) is -4.23. The number of alkyl halides is 3. The fourth-order valence-electron chi connectivity index (χ4n) is 1.45. The van der Waals surface area contributed by atoms with Crippen LogP contribution in [-0.4, -0.2) is 32.2 Å². The molecule has 0 fully saturated rings. The van der Waals surface area contributed by atoms with E-state index in [0.29, 0.717) is 15.8 Å². The Labute approximate surface area is 117 Å². The first-order valence-electron chi connectivity index (χ1n) is 5.43. The van der Waals surface area contributed by atoms with E-state index in [2.05, 4.69) is 21.2 Å². The van der Waals surface area contributed by atoms with Gasteiger partial charge in [-0.3, -0.25) is 4.79 Å². The number of carbonyl (C=O) groups is 1. The van der Waals surface area contributed by atoms with Crippen LogP contribution < -0.4 is 10.1 Å². The average molecular weight is 340 g/mol. The highest BCUT2D eigenvalue weighted by molar-refractivity contribution is 9.10. The molecule has 106 valence electrons. The van der Waals surface area contributed by atoms with E-state index in [1.54, 1.807) is 18.2 Å². The smallest absolute Gasteiger partial charge is 0.401 e. The Kier molecular flexibility index (Phi) is 5.81. The second kappa shape index (κ2) is 6.91. The van der Waals surface area contributed by atoms with Crippen LogP contribution in [0.4, 0.5) is 13.2 Å². The number of Topliss-reactive ketones (excluding diaryl/α,β-unsaturated/α-hetero) is 1. The fraction of sp³-hybridized carbons (Fsp3) is 0.417. The van der Waals surface area contributed by atoms with Crippen molar-refractivity contribution in [1.82, 2.24) is 5.32 Å². The minimum Gasteiger partial charge on any atom is -0.496 e. The molecule has 3 nitrogen and oxygen atoms in total. The highest BCUT2D eigenvalue weighted by Crippen LogP contribution is 2.25. The van der Waals surface area contributed by atoms with Crippen molar-refractivity contribution in [2.24, 2.45) is 0 Å². The van der Waals surface area contributed by atoms with Crippen LogP contribution in [0.2, 0.25) is 0 Å². The zero-order valence-electron chi connectivity index (χ0n) is 10.2. The number of rotatable bonds is 6. The molecule has 1 aromatic rings. The van der Waals surface area contributed by atoms with Gasteiger partial charge in [0.05, 0.1) is 24.7 Å². The molecule has 0 bridgehead atoms. The zero-order valence-corrected chi connectivity index (χ0v) is 11.8. The normalized spacial score (nSPS) is 11.4. The van der Waals surface area contributed by atoms with Gasteiger partial charge in [0.1, 0.15) is 5.75 Å². The monoisotopic (exact) mass is 339 g/mol. The first-order valence-corrected chi connectivity index (χ1v) is 6.22. The van der Waals surface area contributed by atoms with Crippen LogP contribution in [0.5, 0.6) is 5.75 Å². The number of ether oxygens (including phenoxy) is 1. The molecule has 0 unspecified atom stereocenters. The summed E-state index contributed by atoms with van der Waals surface area (Å²) in [4.78, 5) is 11.5. The lowest BCUT2D eigenvalue weighted by Gasteiger charge is -2.08. The van der Waals surface area contributed by atoms with Crippen molar-refractivity contribution in [2.75, 3.05) is 20.2 Å². The summed E-state index contributed by atoms with van der Waals surface area (Å²) in [5.41, 5.74) is 0.714. The van der Waals surface area contributed by atoms with Gasteiger partial charge in [-0.2, -0.15) is 13.2 Å². The molecule has 0 aromatic heterocycles. The number of hydrogen-bond acceptors (Lipinski definition) is 3. The number of halogens is 4. The van der Waals surface area contributed by atoms with E-state index in [1.807, 2.05) is 0 Å². The number of benzene rings is 1. The van der Waals surface area contributed by atoms with Gasteiger partial charge in [-0.1, -0.05) is 6.07 Å². The molecule has 19 heavy (non-hydrogen) atoms. The number of nitrogens with one attached hydrogen (secondary N) is 1. The Morgan fingerprint density at radius 2 is 2.11 bits per heavy atom. The predicted octanol–water partition coefficient (Wildman–Crippen LogP) is 2.72. The third-order valence-corrected chi connectivity index (χ3v) is 2.88. The molecule has 1 rings (SSSR count). The van der Waals surface area contributed by atoms with E-state index >= 15 is 0 Å². The molecule has 1 aromatic carbocycles. The molecule has 0 heterocycles. The predicted molar refractivity (Wildman–Crippen MR) is 68.3 cm³/mol. The summed E-state index contributed by atoms with van der Waals surface area (Å²) in [6, 6.07) is 5.10. The number of ketones is 1. The fourth-order valence-corrected chi connectivity index (χ4v) is 2.04. The summed E-state index contributed by atoms with van der Waals surface area (Å²) in [7, 11) is 1.52. The highest BCUT2D eigenvalue weighted by Gasteiger charge is 2.26. The highest BCUT2D eigenvalue weighted by atomic mass is 79.9. The molecule has 0 aliphatic heterocycles. The van der Waals surface area contributed by atoms with Crippen LogP contribution in [0.25, 0.3) is 0 Å². The second-order valence-electron chi connectivity index (χ2n) is 3.90. The Hall–Kier alpha value is -1.08. The molecule has 0 atom stereocenters. The lowest BCUT2D eigenvalue weighted by molar-refractivity contribution is -0.127. The second-order valence-corrected chi connectivity index (χ2v) is 4.76. The summed E-state index contributed by atoms with van der Waals surface area (Å²) in [6.45, 7) is -1.46. The summed E-state index contributed by atoms with van der Waals surface area (Å²) < 4.78 is 41.4. The van der Waals surface area contributed by atoms with Crippen molar-refractivity contribution >= 4 is 21.7 Å². The molecule has 1 N–H and O–H groups in total. The van der Waals surface area contributed by atoms with Crippen LogP contribution in [-0.2, 0) is 11.2 Å².